The molecule has 0 saturated carbocycles. The van der Waals surface area contributed by atoms with Gasteiger partial charge in [-0.1, -0.05) is 54.1 Å². The Hall–Kier alpha value is -2.21. The Morgan fingerprint density at radius 1 is 1.13 bits per heavy atom. The van der Waals surface area contributed by atoms with Crippen LogP contribution in [0, 0.1) is 12.8 Å². The fourth-order valence-corrected chi connectivity index (χ4v) is 5.18. The van der Waals surface area contributed by atoms with E-state index in [1.54, 1.807) is 0 Å². The van der Waals surface area contributed by atoms with Gasteiger partial charge in [-0.2, -0.15) is 0 Å². The molecule has 0 radical (unpaired) electrons. The minimum absolute atomic E-state index is 0.0169. The van der Waals surface area contributed by atoms with Crippen molar-refractivity contribution in [3.63, 3.8) is 0 Å². The van der Waals surface area contributed by atoms with Gasteiger partial charge in [-0.25, -0.2) is 4.98 Å². The molecule has 1 amide bonds. The van der Waals surface area contributed by atoms with E-state index >= 15 is 0 Å². The molecule has 1 fully saturated rings. The number of carbonyl (C=O) groups is 1. The molecule has 1 aliphatic rings. The summed E-state index contributed by atoms with van der Waals surface area (Å²) in [6, 6.07) is 18.2. The lowest BCUT2D eigenvalue weighted by Gasteiger charge is -2.32. The van der Waals surface area contributed by atoms with Crippen molar-refractivity contribution in [3.05, 3.63) is 75.8 Å². The topological polar surface area (TPSA) is 45.2 Å². The molecule has 1 aliphatic heterocycles. The number of aryl methyl sites for hydroxylation is 1. The quantitative estimate of drug-likeness (QED) is 0.491. The summed E-state index contributed by atoms with van der Waals surface area (Å²) < 4.78 is 0. The standard InChI is InChI=1S/C25H28ClN3OS/c1-18-23(31-25(28-18)21-7-9-22(26)10-8-21)24(30)27-14-11-19-12-15-29(16-13-19)17-20-5-3-2-4-6-20/h2-10,19H,11-17H2,1H3,(H,27,30). The van der Waals surface area contributed by atoms with E-state index in [2.05, 4.69) is 45.5 Å². The molecule has 0 unspecified atom stereocenters. The Bertz CT molecular complexity index is 995. The van der Waals surface area contributed by atoms with Crippen LogP contribution < -0.4 is 5.32 Å². The van der Waals surface area contributed by atoms with Crippen molar-refractivity contribution in [2.24, 2.45) is 5.92 Å². The van der Waals surface area contributed by atoms with Crippen LogP contribution in [0.5, 0.6) is 0 Å². The molecule has 31 heavy (non-hydrogen) atoms. The van der Waals surface area contributed by atoms with Crippen LogP contribution in [0.1, 0.15) is 40.2 Å². The Balaban J connectivity index is 1.22. The third kappa shape index (κ3) is 5.94. The maximum Gasteiger partial charge on any atom is 0.263 e. The number of rotatable bonds is 7. The molecule has 1 saturated heterocycles. The Morgan fingerprint density at radius 3 is 2.55 bits per heavy atom. The summed E-state index contributed by atoms with van der Waals surface area (Å²) in [5, 5.41) is 4.66. The Morgan fingerprint density at radius 2 is 1.84 bits per heavy atom. The van der Waals surface area contributed by atoms with Gasteiger partial charge < -0.3 is 5.32 Å². The van der Waals surface area contributed by atoms with Crippen molar-refractivity contribution in [1.82, 2.24) is 15.2 Å². The van der Waals surface area contributed by atoms with E-state index in [-0.39, 0.29) is 5.91 Å². The fourth-order valence-electron chi connectivity index (χ4n) is 4.07. The molecule has 1 N–H and O–H groups in total. The molecule has 4 rings (SSSR count). The number of carbonyl (C=O) groups excluding carboxylic acids is 1. The molecule has 162 valence electrons. The Labute approximate surface area is 193 Å². The predicted octanol–water partition coefficient (Wildman–Crippen LogP) is 5.80. The van der Waals surface area contributed by atoms with Crippen LogP contribution >= 0.6 is 22.9 Å². The molecule has 4 nitrogen and oxygen atoms in total. The van der Waals surface area contributed by atoms with Crippen LogP contribution in [-0.4, -0.2) is 35.4 Å². The van der Waals surface area contributed by atoms with Crippen molar-refractivity contribution >= 4 is 28.8 Å². The van der Waals surface area contributed by atoms with Crippen LogP contribution in [0.25, 0.3) is 10.6 Å². The number of nitrogens with zero attached hydrogens (tertiary/aromatic N) is 2. The van der Waals surface area contributed by atoms with Gasteiger partial charge in [0.2, 0.25) is 0 Å². The lowest BCUT2D eigenvalue weighted by Crippen LogP contribution is -2.34. The highest BCUT2D eigenvalue weighted by Gasteiger charge is 2.20. The number of aromatic nitrogens is 1. The van der Waals surface area contributed by atoms with E-state index in [0.29, 0.717) is 15.8 Å². The predicted molar refractivity (Wildman–Crippen MR) is 129 cm³/mol. The number of amides is 1. The van der Waals surface area contributed by atoms with Gasteiger partial charge >= 0.3 is 0 Å². The SMILES string of the molecule is Cc1nc(-c2ccc(Cl)cc2)sc1C(=O)NCCC1CCN(Cc2ccccc2)CC1. The molecule has 2 heterocycles. The minimum atomic E-state index is -0.0169. The summed E-state index contributed by atoms with van der Waals surface area (Å²) in [4.78, 5) is 20.5. The van der Waals surface area contributed by atoms with Crippen molar-refractivity contribution in [3.8, 4) is 10.6 Å². The van der Waals surface area contributed by atoms with E-state index in [4.69, 9.17) is 11.6 Å². The maximum absolute atomic E-state index is 12.7. The summed E-state index contributed by atoms with van der Waals surface area (Å²) in [6.07, 6.45) is 3.43. The molecular weight excluding hydrogens is 426 g/mol. The highest BCUT2D eigenvalue weighted by atomic mass is 35.5. The summed E-state index contributed by atoms with van der Waals surface area (Å²) in [7, 11) is 0. The first-order valence-corrected chi connectivity index (χ1v) is 12.1. The zero-order chi connectivity index (χ0) is 21.6. The van der Waals surface area contributed by atoms with Gasteiger partial charge in [-0.05, 0) is 62.9 Å². The van der Waals surface area contributed by atoms with E-state index in [0.717, 1.165) is 48.9 Å². The number of halogens is 1. The van der Waals surface area contributed by atoms with Crippen LogP contribution in [0.4, 0.5) is 0 Å². The van der Waals surface area contributed by atoms with Gasteiger partial charge in [-0.3, -0.25) is 9.69 Å². The molecule has 0 aliphatic carbocycles. The second-order valence-corrected chi connectivity index (χ2v) is 9.63. The van der Waals surface area contributed by atoms with E-state index < -0.39 is 0 Å². The second kappa shape index (κ2) is 10.4. The van der Waals surface area contributed by atoms with Crippen LogP contribution in [0.2, 0.25) is 5.02 Å². The van der Waals surface area contributed by atoms with E-state index in [1.165, 1.54) is 29.7 Å². The fraction of sp³-hybridized carbons (Fsp3) is 0.360. The number of benzene rings is 2. The molecule has 0 bridgehead atoms. The van der Waals surface area contributed by atoms with Crippen molar-refractivity contribution in [2.75, 3.05) is 19.6 Å². The first kappa shape index (κ1) is 22.0. The normalized spacial score (nSPS) is 15.2. The van der Waals surface area contributed by atoms with Gasteiger partial charge in [0.1, 0.15) is 9.88 Å². The molecule has 0 atom stereocenters. The van der Waals surface area contributed by atoms with Crippen LogP contribution in [0.15, 0.2) is 54.6 Å². The first-order valence-electron chi connectivity index (χ1n) is 10.9. The second-order valence-electron chi connectivity index (χ2n) is 8.19. The zero-order valence-electron chi connectivity index (χ0n) is 17.8. The Kier molecular flexibility index (Phi) is 7.38. The summed E-state index contributed by atoms with van der Waals surface area (Å²) >= 11 is 7.41. The first-order chi connectivity index (χ1) is 15.1. The van der Waals surface area contributed by atoms with Crippen LogP contribution in [0.3, 0.4) is 0 Å². The number of thiazole rings is 1. The molecule has 1 aromatic heterocycles. The van der Waals surface area contributed by atoms with Gasteiger partial charge in [0.05, 0.1) is 5.69 Å². The molecule has 3 aromatic rings. The average Bonchev–Trinajstić information content (AvgIpc) is 3.18. The number of likely N-dealkylation sites (tertiary alicyclic amines) is 1. The van der Waals surface area contributed by atoms with Crippen molar-refractivity contribution < 1.29 is 4.79 Å². The highest BCUT2D eigenvalue weighted by Crippen LogP contribution is 2.29. The van der Waals surface area contributed by atoms with Crippen LogP contribution in [-0.2, 0) is 6.54 Å². The van der Waals surface area contributed by atoms with Gasteiger partial charge in [-0.15, -0.1) is 11.3 Å². The minimum Gasteiger partial charge on any atom is -0.351 e. The molecule has 6 heteroatoms. The summed E-state index contributed by atoms with van der Waals surface area (Å²) in [5.74, 6) is 0.663. The van der Waals surface area contributed by atoms with E-state index in [1.807, 2.05) is 31.2 Å². The zero-order valence-corrected chi connectivity index (χ0v) is 19.4. The lowest BCUT2D eigenvalue weighted by atomic mass is 9.93. The molecule has 2 aromatic carbocycles. The third-order valence-corrected chi connectivity index (χ3v) is 7.35. The van der Waals surface area contributed by atoms with Crippen molar-refractivity contribution in [2.45, 2.75) is 32.7 Å². The molecule has 0 spiro atoms. The third-order valence-electron chi connectivity index (χ3n) is 5.89. The highest BCUT2D eigenvalue weighted by molar-refractivity contribution is 7.17. The number of hydrogen-bond acceptors (Lipinski definition) is 4. The molecular formula is C25H28ClN3OS. The number of hydrogen-bond donors (Lipinski definition) is 1. The largest absolute Gasteiger partial charge is 0.351 e. The monoisotopic (exact) mass is 453 g/mol. The van der Waals surface area contributed by atoms with Gasteiger partial charge in [0, 0.05) is 23.7 Å². The summed E-state index contributed by atoms with van der Waals surface area (Å²) in [6.45, 7) is 5.91. The van der Waals surface area contributed by atoms with Crippen molar-refractivity contribution in [1.29, 1.82) is 0 Å². The summed E-state index contributed by atoms with van der Waals surface area (Å²) in [5.41, 5.74) is 3.14. The smallest absolute Gasteiger partial charge is 0.263 e. The maximum atomic E-state index is 12.7. The van der Waals surface area contributed by atoms with Gasteiger partial charge in [0.15, 0.2) is 0 Å². The van der Waals surface area contributed by atoms with E-state index in [9.17, 15) is 4.79 Å². The number of nitrogens with one attached hydrogen (secondary N) is 1. The average molecular weight is 454 g/mol. The van der Waals surface area contributed by atoms with Gasteiger partial charge in [0.25, 0.3) is 5.91 Å². The lowest BCUT2D eigenvalue weighted by molar-refractivity contribution is 0.0951. The number of piperidine rings is 1.